The Morgan fingerprint density at radius 3 is 2.58 bits per heavy atom. The van der Waals surface area contributed by atoms with Gasteiger partial charge in [-0.2, -0.15) is 0 Å². The van der Waals surface area contributed by atoms with Crippen LogP contribution in [0.25, 0.3) is 0 Å². The van der Waals surface area contributed by atoms with Crippen molar-refractivity contribution in [2.75, 3.05) is 0 Å². The van der Waals surface area contributed by atoms with E-state index in [4.69, 9.17) is 11.6 Å². The fraction of sp³-hybridized carbons (Fsp3) is 0.118. The smallest absolute Gasteiger partial charge is 0.189 e. The lowest BCUT2D eigenvalue weighted by atomic mass is 9.90. The van der Waals surface area contributed by atoms with Crippen molar-refractivity contribution >= 4 is 17.4 Å². The molecular weight excluding hydrogens is 256 g/mol. The van der Waals surface area contributed by atoms with Gasteiger partial charge in [-0.25, -0.2) is 0 Å². The molecule has 2 aromatic carbocycles. The molecule has 94 valence electrons. The zero-order valence-electron chi connectivity index (χ0n) is 10.6. The largest absolute Gasteiger partial charge is 0.289 e. The second-order valence-corrected chi connectivity index (χ2v) is 5.31. The third-order valence-electron chi connectivity index (χ3n) is 3.62. The van der Waals surface area contributed by atoms with Crippen molar-refractivity contribution < 1.29 is 4.79 Å². The molecule has 0 saturated carbocycles. The predicted octanol–water partition coefficient (Wildman–Crippen LogP) is 4.53. The number of benzene rings is 2. The molecule has 0 aromatic heterocycles. The summed E-state index contributed by atoms with van der Waals surface area (Å²) in [6.45, 7) is 5.96. The Bertz CT molecular complexity index is 700. The molecule has 0 bridgehead atoms. The van der Waals surface area contributed by atoms with Crippen LogP contribution in [0.5, 0.6) is 0 Å². The van der Waals surface area contributed by atoms with Crippen molar-refractivity contribution in [3.63, 3.8) is 0 Å². The first-order chi connectivity index (χ1) is 9.09. The molecule has 0 amide bonds. The third-order valence-corrected chi connectivity index (χ3v) is 3.95. The number of fused-ring (bicyclic) bond motifs is 1. The molecule has 2 heteroatoms. The number of hydrogen-bond donors (Lipinski definition) is 0. The first-order valence-corrected chi connectivity index (χ1v) is 6.56. The molecule has 0 heterocycles. The molecular formula is C17H13ClO. The molecule has 0 radical (unpaired) electrons. The standard InChI is InChI=1S/C17H13ClO/c1-10-7-8-14(15(18)9-10)16-11(2)17(19)13-6-4-3-5-12(13)16/h3-9,16H,2H2,1H3. The lowest BCUT2D eigenvalue weighted by molar-refractivity contribution is 0.103. The fourth-order valence-electron chi connectivity index (χ4n) is 2.67. The number of carbonyl (C=O) groups excluding carboxylic acids is 1. The van der Waals surface area contributed by atoms with Gasteiger partial charge in [-0.15, -0.1) is 0 Å². The van der Waals surface area contributed by atoms with Crippen LogP contribution in [-0.2, 0) is 0 Å². The summed E-state index contributed by atoms with van der Waals surface area (Å²) in [6, 6.07) is 13.6. The van der Waals surface area contributed by atoms with E-state index in [-0.39, 0.29) is 11.7 Å². The first kappa shape index (κ1) is 12.2. The van der Waals surface area contributed by atoms with Gasteiger partial charge in [0.25, 0.3) is 0 Å². The van der Waals surface area contributed by atoms with Crippen molar-refractivity contribution in [1.82, 2.24) is 0 Å². The van der Waals surface area contributed by atoms with Crippen LogP contribution in [0.15, 0.2) is 54.6 Å². The molecule has 0 spiro atoms. The van der Waals surface area contributed by atoms with Gasteiger partial charge in [-0.05, 0) is 29.7 Å². The maximum absolute atomic E-state index is 12.2. The highest BCUT2D eigenvalue weighted by Gasteiger charge is 2.34. The van der Waals surface area contributed by atoms with Crippen LogP contribution in [-0.4, -0.2) is 5.78 Å². The summed E-state index contributed by atoms with van der Waals surface area (Å²) < 4.78 is 0. The van der Waals surface area contributed by atoms with E-state index >= 15 is 0 Å². The number of rotatable bonds is 1. The number of hydrogen-bond acceptors (Lipinski definition) is 1. The van der Waals surface area contributed by atoms with Gasteiger partial charge in [-0.1, -0.05) is 54.6 Å². The molecule has 2 aromatic rings. The number of ketones is 1. The van der Waals surface area contributed by atoms with Crippen LogP contribution >= 0.6 is 11.6 Å². The van der Waals surface area contributed by atoms with Crippen LogP contribution in [0.3, 0.4) is 0 Å². The Balaban J connectivity index is 2.21. The molecule has 1 aliphatic carbocycles. The Kier molecular flexibility index (Phi) is 2.79. The van der Waals surface area contributed by atoms with E-state index in [2.05, 4.69) is 6.58 Å². The Morgan fingerprint density at radius 1 is 1.11 bits per heavy atom. The normalized spacial score (nSPS) is 17.7. The summed E-state index contributed by atoms with van der Waals surface area (Å²) in [5.41, 5.74) is 4.41. The van der Waals surface area contributed by atoms with Gasteiger partial charge in [-0.3, -0.25) is 4.79 Å². The van der Waals surface area contributed by atoms with Crippen LogP contribution in [0, 0.1) is 6.92 Å². The zero-order chi connectivity index (χ0) is 13.6. The van der Waals surface area contributed by atoms with E-state index in [1.54, 1.807) is 0 Å². The van der Waals surface area contributed by atoms with Gasteiger partial charge in [0.15, 0.2) is 5.78 Å². The minimum Gasteiger partial charge on any atom is -0.289 e. The maximum Gasteiger partial charge on any atom is 0.189 e. The highest BCUT2D eigenvalue weighted by molar-refractivity contribution is 6.31. The third kappa shape index (κ3) is 1.82. The Hall–Kier alpha value is -1.86. The van der Waals surface area contributed by atoms with Gasteiger partial charge in [0.1, 0.15) is 0 Å². The second-order valence-electron chi connectivity index (χ2n) is 4.90. The highest BCUT2D eigenvalue weighted by atomic mass is 35.5. The molecule has 0 aliphatic heterocycles. The van der Waals surface area contributed by atoms with E-state index in [1.165, 1.54) is 0 Å². The summed E-state index contributed by atoms with van der Waals surface area (Å²) in [4.78, 5) is 12.2. The number of Topliss-reactive ketones (excluding diaryl/α,β-unsaturated/α-hetero) is 1. The van der Waals surface area contributed by atoms with Crippen LogP contribution in [0.2, 0.25) is 5.02 Å². The molecule has 0 saturated heterocycles. The zero-order valence-corrected chi connectivity index (χ0v) is 11.4. The molecule has 0 fully saturated rings. The average Bonchev–Trinajstić information content (AvgIpc) is 2.64. The Labute approximate surface area is 117 Å². The molecule has 1 nitrogen and oxygen atoms in total. The van der Waals surface area contributed by atoms with Gasteiger partial charge >= 0.3 is 0 Å². The molecule has 19 heavy (non-hydrogen) atoms. The van der Waals surface area contributed by atoms with Gasteiger partial charge in [0, 0.05) is 22.1 Å². The average molecular weight is 269 g/mol. The van der Waals surface area contributed by atoms with Gasteiger partial charge in [0.2, 0.25) is 0 Å². The van der Waals surface area contributed by atoms with Crippen molar-refractivity contribution in [3.05, 3.63) is 81.9 Å². The number of allylic oxidation sites excluding steroid dienone is 1. The van der Waals surface area contributed by atoms with Crippen molar-refractivity contribution in [2.24, 2.45) is 0 Å². The highest BCUT2D eigenvalue weighted by Crippen LogP contribution is 2.43. The quantitative estimate of drug-likeness (QED) is 0.695. The van der Waals surface area contributed by atoms with Crippen molar-refractivity contribution in [3.8, 4) is 0 Å². The van der Waals surface area contributed by atoms with Gasteiger partial charge < -0.3 is 0 Å². The number of carbonyl (C=O) groups is 1. The summed E-state index contributed by atoms with van der Waals surface area (Å²) in [7, 11) is 0. The lowest BCUT2D eigenvalue weighted by Crippen LogP contribution is -2.01. The van der Waals surface area contributed by atoms with Crippen LogP contribution in [0.1, 0.15) is 33.0 Å². The number of halogens is 1. The summed E-state index contributed by atoms with van der Waals surface area (Å²) in [5, 5.41) is 0.690. The van der Waals surface area contributed by atoms with E-state index in [0.717, 1.165) is 22.3 Å². The monoisotopic (exact) mass is 268 g/mol. The lowest BCUT2D eigenvalue weighted by Gasteiger charge is -2.15. The van der Waals surface area contributed by atoms with Gasteiger partial charge in [0.05, 0.1) is 0 Å². The molecule has 0 N–H and O–H groups in total. The van der Waals surface area contributed by atoms with Crippen LogP contribution < -0.4 is 0 Å². The minimum atomic E-state index is -0.114. The summed E-state index contributed by atoms with van der Waals surface area (Å²) in [6.07, 6.45) is 0. The van der Waals surface area contributed by atoms with Crippen LogP contribution in [0.4, 0.5) is 0 Å². The van der Waals surface area contributed by atoms with Crippen molar-refractivity contribution in [1.29, 1.82) is 0 Å². The van der Waals surface area contributed by atoms with E-state index < -0.39 is 0 Å². The SMILES string of the molecule is C=C1C(=O)c2ccccc2C1c1ccc(C)cc1Cl. The summed E-state index contributed by atoms with van der Waals surface area (Å²) >= 11 is 6.34. The predicted molar refractivity (Wildman–Crippen MR) is 77.9 cm³/mol. The van der Waals surface area contributed by atoms with E-state index in [1.807, 2.05) is 49.4 Å². The van der Waals surface area contributed by atoms with Crippen molar-refractivity contribution in [2.45, 2.75) is 12.8 Å². The van der Waals surface area contributed by atoms with E-state index in [9.17, 15) is 4.79 Å². The van der Waals surface area contributed by atoms with E-state index in [0.29, 0.717) is 10.6 Å². The molecule has 3 rings (SSSR count). The molecule has 1 atom stereocenters. The second kappa shape index (κ2) is 4.36. The first-order valence-electron chi connectivity index (χ1n) is 6.18. The molecule has 1 aliphatic rings. The topological polar surface area (TPSA) is 17.1 Å². The minimum absolute atomic E-state index is 0.0252. The Morgan fingerprint density at radius 2 is 1.84 bits per heavy atom. The molecule has 1 unspecified atom stereocenters. The maximum atomic E-state index is 12.2. The number of aryl methyl sites for hydroxylation is 1. The fourth-order valence-corrected chi connectivity index (χ4v) is 3.01. The summed E-state index contributed by atoms with van der Waals surface area (Å²) in [5.74, 6) is -0.0889.